The average Bonchev–Trinajstić information content (AvgIpc) is 2.69. The number of nitrogens with one attached hydrogen (secondary N) is 1. The number of carboxylic acid groups (broad SMARTS) is 1. The molecule has 0 saturated heterocycles. The quantitative estimate of drug-likeness (QED) is 0.708. The summed E-state index contributed by atoms with van der Waals surface area (Å²) in [6, 6.07) is 3.52. The molecule has 2 N–H and O–H groups in total. The van der Waals surface area contributed by atoms with E-state index in [4.69, 9.17) is 9.52 Å². The Balaban J connectivity index is 2.28. The van der Waals surface area contributed by atoms with E-state index in [2.05, 4.69) is 5.32 Å². The van der Waals surface area contributed by atoms with Crippen LogP contribution >= 0.6 is 0 Å². The molecule has 0 spiro atoms. The van der Waals surface area contributed by atoms with Crippen LogP contribution in [0.3, 0.4) is 0 Å². The fourth-order valence-corrected chi connectivity index (χ4v) is 1.14. The van der Waals surface area contributed by atoms with Crippen LogP contribution in [0.15, 0.2) is 22.8 Å². The van der Waals surface area contributed by atoms with Crippen LogP contribution in [0, 0.1) is 0 Å². The Morgan fingerprint density at radius 2 is 2.25 bits per heavy atom. The summed E-state index contributed by atoms with van der Waals surface area (Å²) < 4.78 is 5.09. The summed E-state index contributed by atoms with van der Waals surface area (Å²) in [5.74, 6) is -0.478. The lowest BCUT2D eigenvalue weighted by Crippen LogP contribution is -2.37. The summed E-state index contributed by atoms with van der Waals surface area (Å²) >= 11 is 0. The Hall–Kier alpha value is -1.82. The molecule has 0 fully saturated rings. The number of hydrogen-bond acceptors (Lipinski definition) is 4. The van der Waals surface area contributed by atoms with Gasteiger partial charge >= 0.3 is 5.97 Å². The van der Waals surface area contributed by atoms with Gasteiger partial charge in [-0.15, -0.1) is 0 Å². The van der Waals surface area contributed by atoms with Crippen LogP contribution < -0.4 is 5.32 Å². The van der Waals surface area contributed by atoms with Crippen molar-refractivity contribution in [1.82, 2.24) is 10.2 Å². The van der Waals surface area contributed by atoms with Gasteiger partial charge in [0.1, 0.15) is 5.76 Å². The van der Waals surface area contributed by atoms with Gasteiger partial charge in [0.25, 0.3) is 0 Å². The van der Waals surface area contributed by atoms with Crippen molar-refractivity contribution in [1.29, 1.82) is 0 Å². The number of amides is 1. The number of carboxylic acids is 1. The molecule has 1 rings (SSSR count). The highest BCUT2D eigenvalue weighted by atomic mass is 16.4. The maximum Gasteiger partial charge on any atom is 0.317 e. The van der Waals surface area contributed by atoms with Gasteiger partial charge in [-0.25, -0.2) is 0 Å². The van der Waals surface area contributed by atoms with E-state index in [1.54, 1.807) is 19.2 Å². The molecule has 1 heterocycles. The van der Waals surface area contributed by atoms with E-state index in [9.17, 15) is 9.59 Å². The van der Waals surface area contributed by atoms with Crippen LogP contribution in [0.2, 0.25) is 0 Å². The van der Waals surface area contributed by atoms with Crippen molar-refractivity contribution in [2.75, 3.05) is 20.1 Å². The molecule has 88 valence electrons. The number of carbonyl (C=O) groups excluding carboxylic acids is 1. The second-order valence-electron chi connectivity index (χ2n) is 3.33. The van der Waals surface area contributed by atoms with Gasteiger partial charge in [0.15, 0.2) is 0 Å². The van der Waals surface area contributed by atoms with Crippen LogP contribution in [0.25, 0.3) is 0 Å². The third kappa shape index (κ3) is 4.14. The summed E-state index contributed by atoms with van der Waals surface area (Å²) in [5.41, 5.74) is 0. The van der Waals surface area contributed by atoms with Crippen LogP contribution in [-0.4, -0.2) is 42.0 Å². The first-order chi connectivity index (χ1) is 7.59. The van der Waals surface area contributed by atoms with Crippen LogP contribution in [0.4, 0.5) is 0 Å². The molecule has 0 atom stereocenters. The maximum absolute atomic E-state index is 11.5. The highest BCUT2D eigenvalue weighted by molar-refractivity contribution is 5.78. The van der Waals surface area contributed by atoms with E-state index in [0.29, 0.717) is 12.3 Å². The highest BCUT2D eigenvalue weighted by Gasteiger charge is 2.10. The lowest BCUT2D eigenvalue weighted by atomic mass is 10.4. The highest BCUT2D eigenvalue weighted by Crippen LogP contribution is 2.03. The molecular weight excluding hydrogens is 212 g/mol. The molecule has 0 radical (unpaired) electrons. The van der Waals surface area contributed by atoms with Crippen LogP contribution in [0.1, 0.15) is 5.76 Å². The number of hydrogen-bond donors (Lipinski definition) is 2. The van der Waals surface area contributed by atoms with Gasteiger partial charge in [-0.2, -0.15) is 0 Å². The lowest BCUT2D eigenvalue weighted by molar-refractivity contribution is -0.136. The first-order valence-corrected chi connectivity index (χ1v) is 4.78. The van der Waals surface area contributed by atoms with Crippen LogP contribution in [-0.2, 0) is 16.1 Å². The van der Waals surface area contributed by atoms with Crippen molar-refractivity contribution in [3.63, 3.8) is 0 Å². The fourth-order valence-electron chi connectivity index (χ4n) is 1.14. The monoisotopic (exact) mass is 226 g/mol. The van der Waals surface area contributed by atoms with Gasteiger partial charge < -0.3 is 14.4 Å². The molecule has 6 heteroatoms. The standard InChI is InChI=1S/C10H14N2O4/c1-12(7-8-3-2-4-16-8)9(13)5-11-6-10(14)15/h2-4,11H,5-7H2,1H3,(H,14,15). The first kappa shape index (κ1) is 12.3. The van der Waals surface area contributed by atoms with E-state index >= 15 is 0 Å². The zero-order valence-corrected chi connectivity index (χ0v) is 8.97. The molecule has 0 aliphatic heterocycles. The number of rotatable bonds is 6. The summed E-state index contributed by atoms with van der Waals surface area (Å²) in [6.07, 6.45) is 1.54. The molecule has 0 aliphatic carbocycles. The Labute approximate surface area is 92.8 Å². The van der Waals surface area contributed by atoms with Crippen molar-refractivity contribution in [3.8, 4) is 0 Å². The summed E-state index contributed by atoms with van der Waals surface area (Å²) in [6.45, 7) is 0.157. The molecule has 1 aromatic rings. The Kier molecular flexibility index (Phi) is 4.53. The van der Waals surface area contributed by atoms with Gasteiger partial charge in [-0.1, -0.05) is 0 Å². The summed E-state index contributed by atoms with van der Waals surface area (Å²) in [4.78, 5) is 23.2. The number of furan rings is 1. The molecule has 1 amide bonds. The van der Waals surface area contributed by atoms with Crippen LogP contribution in [0.5, 0.6) is 0 Å². The number of nitrogens with zero attached hydrogens (tertiary/aromatic N) is 1. The van der Waals surface area contributed by atoms with Crippen molar-refractivity contribution in [3.05, 3.63) is 24.2 Å². The van der Waals surface area contributed by atoms with Crippen molar-refractivity contribution >= 4 is 11.9 Å². The Morgan fingerprint density at radius 1 is 1.50 bits per heavy atom. The molecule has 1 aromatic heterocycles. The normalized spacial score (nSPS) is 10.1. The zero-order valence-electron chi connectivity index (χ0n) is 8.97. The van der Waals surface area contributed by atoms with Gasteiger partial charge in [-0.3, -0.25) is 14.9 Å². The summed E-state index contributed by atoms with van der Waals surface area (Å²) in [7, 11) is 1.63. The third-order valence-electron chi connectivity index (χ3n) is 1.95. The average molecular weight is 226 g/mol. The summed E-state index contributed by atoms with van der Waals surface area (Å²) in [5, 5.41) is 10.9. The van der Waals surface area contributed by atoms with Crippen molar-refractivity contribution < 1.29 is 19.1 Å². The fraction of sp³-hybridized carbons (Fsp3) is 0.400. The van der Waals surface area contributed by atoms with Gasteiger partial charge in [-0.05, 0) is 12.1 Å². The molecule has 0 saturated carbocycles. The predicted octanol–water partition coefficient (Wildman–Crippen LogP) is -0.0878. The van der Waals surface area contributed by atoms with Crippen molar-refractivity contribution in [2.45, 2.75) is 6.54 Å². The van der Waals surface area contributed by atoms with E-state index < -0.39 is 5.97 Å². The maximum atomic E-state index is 11.5. The van der Waals surface area contributed by atoms with Gasteiger partial charge in [0.2, 0.25) is 5.91 Å². The first-order valence-electron chi connectivity index (χ1n) is 4.78. The van der Waals surface area contributed by atoms with Gasteiger partial charge in [0.05, 0.1) is 25.9 Å². The molecular formula is C10H14N2O4. The number of carbonyl (C=O) groups is 2. The minimum atomic E-state index is -0.985. The van der Waals surface area contributed by atoms with E-state index in [0.717, 1.165) is 0 Å². The molecule has 0 unspecified atom stereocenters. The SMILES string of the molecule is CN(Cc1ccco1)C(=O)CNCC(=O)O. The molecule has 0 aromatic carbocycles. The van der Waals surface area contributed by atoms with Crippen molar-refractivity contribution in [2.24, 2.45) is 0 Å². The smallest absolute Gasteiger partial charge is 0.317 e. The number of likely N-dealkylation sites (N-methyl/N-ethyl adjacent to an activating group) is 1. The molecule has 0 aliphatic rings. The number of aliphatic carboxylic acids is 1. The van der Waals surface area contributed by atoms with E-state index in [-0.39, 0.29) is 19.0 Å². The predicted molar refractivity (Wildman–Crippen MR) is 55.7 cm³/mol. The lowest BCUT2D eigenvalue weighted by Gasteiger charge is -2.15. The van der Waals surface area contributed by atoms with Gasteiger partial charge in [0, 0.05) is 7.05 Å². The molecule has 16 heavy (non-hydrogen) atoms. The topological polar surface area (TPSA) is 82.8 Å². The minimum Gasteiger partial charge on any atom is -0.480 e. The molecule has 6 nitrogen and oxygen atoms in total. The minimum absolute atomic E-state index is 0.00348. The zero-order chi connectivity index (χ0) is 12.0. The Morgan fingerprint density at radius 3 is 2.81 bits per heavy atom. The molecule has 0 bridgehead atoms. The van der Waals surface area contributed by atoms with E-state index in [1.165, 1.54) is 11.2 Å². The third-order valence-corrected chi connectivity index (χ3v) is 1.95. The van der Waals surface area contributed by atoms with E-state index in [1.807, 2.05) is 0 Å². The second kappa shape index (κ2) is 5.92. The second-order valence-corrected chi connectivity index (χ2v) is 3.33. The largest absolute Gasteiger partial charge is 0.480 e. The Bertz CT molecular complexity index is 348.